The Bertz CT molecular complexity index is 519. The van der Waals surface area contributed by atoms with Crippen LogP contribution in [0.15, 0.2) is 43.0 Å². The Kier molecular flexibility index (Phi) is 3.67. The smallest absolute Gasteiger partial charge is 0.184 e. The van der Waals surface area contributed by atoms with Gasteiger partial charge in [0.1, 0.15) is 5.69 Å². The number of anilines is 1. The van der Waals surface area contributed by atoms with Crippen molar-refractivity contribution in [2.75, 3.05) is 11.9 Å². The molecule has 3 nitrogen and oxygen atoms in total. The molecule has 0 amide bonds. The molecule has 0 saturated heterocycles. The molecule has 0 aliphatic rings. The van der Waals surface area contributed by atoms with E-state index >= 15 is 0 Å². The van der Waals surface area contributed by atoms with Crippen molar-refractivity contribution < 1.29 is 4.79 Å². The summed E-state index contributed by atoms with van der Waals surface area (Å²) in [5.74, 6) is 0. The molecule has 2 rings (SSSR count). The Morgan fingerprint density at radius 2 is 2.12 bits per heavy atom. The molecule has 0 aliphatic carbocycles. The average Bonchev–Trinajstić information content (AvgIpc) is 2.80. The average molecular weight is 244 g/mol. The highest BCUT2D eigenvalue weighted by Crippen LogP contribution is 2.31. The highest BCUT2D eigenvalue weighted by Gasteiger charge is 2.11. The Morgan fingerprint density at radius 1 is 1.35 bits per heavy atom. The SMILES string of the molecule is C=CCNc1nc(C=O)c(-c2ccccc2)s1. The van der Waals surface area contributed by atoms with Crippen LogP contribution in [0.25, 0.3) is 10.4 Å². The number of aromatic nitrogens is 1. The Morgan fingerprint density at radius 3 is 2.76 bits per heavy atom. The number of hydrogen-bond acceptors (Lipinski definition) is 4. The van der Waals surface area contributed by atoms with Crippen LogP contribution in [0.3, 0.4) is 0 Å². The van der Waals surface area contributed by atoms with Gasteiger partial charge >= 0.3 is 0 Å². The van der Waals surface area contributed by atoms with Gasteiger partial charge in [-0.15, -0.1) is 6.58 Å². The second kappa shape index (κ2) is 5.41. The number of carbonyl (C=O) groups is 1. The van der Waals surface area contributed by atoms with Crippen molar-refractivity contribution >= 4 is 22.8 Å². The van der Waals surface area contributed by atoms with Gasteiger partial charge in [-0.3, -0.25) is 4.79 Å². The number of aldehydes is 1. The van der Waals surface area contributed by atoms with Crippen LogP contribution in [0, 0.1) is 0 Å². The second-order valence-electron chi connectivity index (χ2n) is 3.39. The molecule has 0 radical (unpaired) electrons. The van der Waals surface area contributed by atoms with Crippen molar-refractivity contribution in [1.82, 2.24) is 4.98 Å². The van der Waals surface area contributed by atoms with Gasteiger partial charge in [-0.2, -0.15) is 0 Å². The monoisotopic (exact) mass is 244 g/mol. The number of nitrogens with zero attached hydrogens (tertiary/aromatic N) is 1. The standard InChI is InChI=1S/C13H12N2OS/c1-2-8-14-13-15-11(9-16)12(17-13)10-6-4-3-5-7-10/h2-7,9H,1,8H2,(H,14,15). The highest BCUT2D eigenvalue weighted by molar-refractivity contribution is 7.19. The number of thiazole rings is 1. The molecule has 17 heavy (non-hydrogen) atoms. The predicted octanol–water partition coefficient (Wildman–Crippen LogP) is 3.22. The first-order valence-corrected chi connectivity index (χ1v) is 6.03. The van der Waals surface area contributed by atoms with Gasteiger partial charge in [0.05, 0.1) is 4.88 Å². The molecule has 0 saturated carbocycles. The molecule has 86 valence electrons. The minimum atomic E-state index is 0.479. The van der Waals surface area contributed by atoms with E-state index in [-0.39, 0.29) is 0 Å². The molecule has 1 aromatic heterocycles. The van der Waals surface area contributed by atoms with E-state index in [2.05, 4.69) is 16.9 Å². The zero-order chi connectivity index (χ0) is 12.1. The summed E-state index contributed by atoms with van der Waals surface area (Å²) in [6.07, 6.45) is 2.54. The molecular formula is C13H12N2OS. The van der Waals surface area contributed by atoms with Gasteiger partial charge in [0.15, 0.2) is 11.4 Å². The van der Waals surface area contributed by atoms with Crippen LogP contribution < -0.4 is 5.32 Å². The van der Waals surface area contributed by atoms with Gasteiger partial charge in [-0.25, -0.2) is 4.98 Å². The van der Waals surface area contributed by atoms with Crippen molar-refractivity contribution in [3.8, 4) is 10.4 Å². The van der Waals surface area contributed by atoms with E-state index in [9.17, 15) is 4.79 Å². The fraction of sp³-hybridized carbons (Fsp3) is 0.0769. The molecule has 0 spiro atoms. The molecule has 2 aromatic rings. The van der Waals surface area contributed by atoms with Crippen LogP contribution in [0.5, 0.6) is 0 Å². The van der Waals surface area contributed by atoms with Crippen LogP contribution >= 0.6 is 11.3 Å². The highest BCUT2D eigenvalue weighted by atomic mass is 32.1. The van der Waals surface area contributed by atoms with Crippen molar-refractivity contribution in [2.45, 2.75) is 0 Å². The van der Waals surface area contributed by atoms with Gasteiger partial charge < -0.3 is 5.32 Å². The number of rotatable bonds is 5. The molecule has 1 N–H and O–H groups in total. The summed E-state index contributed by atoms with van der Waals surface area (Å²) in [7, 11) is 0. The van der Waals surface area contributed by atoms with Gasteiger partial charge in [0.2, 0.25) is 0 Å². The lowest BCUT2D eigenvalue weighted by molar-refractivity contribution is 0.112. The normalized spacial score (nSPS) is 9.88. The third-order valence-corrected chi connectivity index (χ3v) is 3.28. The number of hydrogen-bond donors (Lipinski definition) is 1. The molecule has 4 heteroatoms. The molecule has 0 fully saturated rings. The maximum atomic E-state index is 11.0. The summed E-state index contributed by atoms with van der Waals surface area (Å²) in [5.41, 5.74) is 1.49. The Hall–Kier alpha value is -1.94. The zero-order valence-corrected chi connectivity index (χ0v) is 10.0. The molecule has 0 atom stereocenters. The Labute approximate surface area is 104 Å². The van der Waals surface area contributed by atoms with E-state index in [1.165, 1.54) is 11.3 Å². The van der Waals surface area contributed by atoms with Gasteiger partial charge in [-0.1, -0.05) is 47.7 Å². The van der Waals surface area contributed by atoms with Gasteiger partial charge in [-0.05, 0) is 5.56 Å². The summed E-state index contributed by atoms with van der Waals surface area (Å²) in [5, 5.41) is 3.83. The number of nitrogens with one attached hydrogen (secondary N) is 1. The maximum Gasteiger partial charge on any atom is 0.184 e. The van der Waals surface area contributed by atoms with Crippen LogP contribution in [0.2, 0.25) is 0 Å². The van der Waals surface area contributed by atoms with E-state index in [1.807, 2.05) is 30.3 Å². The lowest BCUT2D eigenvalue weighted by atomic mass is 10.2. The first-order chi connectivity index (χ1) is 8.35. The predicted molar refractivity (Wildman–Crippen MR) is 71.6 cm³/mol. The van der Waals surface area contributed by atoms with Gasteiger partial charge in [0.25, 0.3) is 0 Å². The molecule has 0 unspecified atom stereocenters. The summed E-state index contributed by atoms with van der Waals surface area (Å²) < 4.78 is 0. The van der Waals surface area contributed by atoms with E-state index in [0.29, 0.717) is 12.2 Å². The largest absolute Gasteiger partial charge is 0.358 e. The van der Waals surface area contributed by atoms with Crippen LogP contribution in [0.4, 0.5) is 5.13 Å². The van der Waals surface area contributed by atoms with Crippen molar-refractivity contribution in [3.63, 3.8) is 0 Å². The molecule has 1 heterocycles. The first-order valence-electron chi connectivity index (χ1n) is 5.21. The maximum absolute atomic E-state index is 11.0. The van der Waals surface area contributed by atoms with Crippen LogP contribution in [-0.4, -0.2) is 17.8 Å². The minimum absolute atomic E-state index is 0.479. The van der Waals surface area contributed by atoms with Crippen molar-refractivity contribution in [1.29, 1.82) is 0 Å². The summed E-state index contributed by atoms with van der Waals surface area (Å²) in [6, 6.07) is 9.78. The van der Waals surface area contributed by atoms with E-state index < -0.39 is 0 Å². The fourth-order valence-corrected chi connectivity index (χ4v) is 2.39. The lowest BCUT2D eigenvalue weighted by Crippen LogP contribution is -1.96. The summed E-state index contributed by atoms with van der Waals surface area (Å²) in [4.78, 5) is 16.1. The quantitative estimate of drug-likeness (QED) is 0.648. The molecular weight excluding hydrogens is 232 g/mol. The van der Waals surface area contributed by atoms with E-state index in [1.54, 1.807) is 6.08 Å². The first kappa shape index (κ1) is 11.5. The molecule has 0 aliphatic heterocycles. The zero-order valence-electron chi connectivity index (χ0n) is 9.22. The number of benzene rings is 1. The minimum Gasteiger partial charge on any atom is -0.358 e. The second-order valence-corrected chi connectivity index (χ2v) is 4.39. The van der Waals surface area contributed by atoms with Gasteiger partial charge in [0, 0.05) is 6.54 Å². The van der Waals surface area contributed by atoms with Crippen LogP contribution in [-0.2, 0) is 0 Å². The van der Waals surface area contributed by atoms with Crippen molar-refractivity contribution in [2.24, 2.45) is 0 Å². The molecule has 0 bridgehead atoms. The lowest BCUT2D eigenvalue weighted by Gasteiger charge is -1.96. The topological polar surface area (TPSA) is 42.0 Å². The third-order valence-electron chi connectivity index (χ3n) is 2.20. The van der Waals surface area contributed by atoms with Crippen molar-refractivity contribution in [3.05, 3.63) is 48.7 Å². The molecule has 1 aromatic carbocycles. The summed E-state index contributed by atoms with van der Waals surface area (Å²) in [6.45, 7) is 4.27. The fourth-order valence-electron chi connectivity index (χ4n) is 1.44. The van der Waals surface area contributed by atoms with Crippen LogP contribution in [0.1, 0.15) is 10.5 Å². The third kappa shape index (κ3) is 2.60. The summed E-state index contributed by atoms with van der Waals surface area (Å²) >= 11 is 1.48. The van der Waals surface area contributed by atoms with E-state index in [0.717, 1.165) is 21.9 Å². The number of carbonyl (C=O) groups excluding carboxylic acids is 1. The Balaban J connectivity index is 2.36. The van der Waals surface area contributed by atoms with E-state index in [4.69, 9.17) is 0 Å².